The van der Waals surface area contributed by atoms with Gasteiger partial charge in [0.2, 0.25) is 0 Å². The van der Waals surface area contributed by atoms with Gasteiger partial charge in [0, 0.05) is 31.3 Å². The van der Waals surface area contributed by atoms with Gasteiger partial charge in [0.05, 0.1) is 9.82 Å². The van der Waals surface area contributed by atoms with Gasteiger partial charge in [0.1, 0.15) is 6.33 Å². The van der Waals surface area contributed by atoms with Crippen LogP contribution in [0.25, 0.3) is 0 Å². The average Bonchev–Trinajstić information content (AvgIpc) is 3.36. The van der Waals surface area contributed by atoms with Crippen LogP contribution < -0.4 is 11.1 Å². The highest BCUT2D eigenvalue weighted by Gasteiger charge is 2.31. The van der Waals surface area contributed by atoms with E-state index in [0.29, 0.717) is 22.5 Å². The smallest absolute Gasteiger partial charge is 0.284 e. The monoisotopic (exact) mass is 362 g/mol. The van der Waals surface area contributed by atoms with Crippen LogP contribution in [0.2, 0.25) is 0 Å². The number of benzene rings is 1. The molecule has 132 valence electrons. The number of nitro groups is 1. The number of amides is 1. The van der Waals surface area contributed by atoms with Gasteiger partial charge in [0.15, 0.2) is 5.16 Å². The van der Waals surface area contributed by atoms with E-state index in [1.807, 2.05) is 0 Å². The van der Waals surface area contributed by atoms with Crippen LogP contribution in [-0.4, -0.2) is 38.2 Å². The van der Waals surface area contributed by atoms with Crippen LogP contribution in [0, 0.1) is 16.0 Å². The molecule has 1 aromatic heterocycles. The van der Waals surface area contributed by atoms with Crippen molar-refractivity contribution in [3.63, 3.8) is 0 Å². The first-order valence-corrected chi connectivity index (χ1v) is 8.62. The number of aryl methyl sites for hydroxylation is 1. The van der Waals surface area contributed by atoms with E-state index in [-0.39, 0.29) is 23.2 Å². The van der Waals surface area contributed by atoms with Crippen molar-refractivity contribution < 1.29 is 9.72 Å². The first kappa shape index (κ1) is 17.4. The van der Waals surface area contributed by atoms with Gasteiger partial charge >= 0.3 is 0 Å². The molecule has 0 spiro atoms. The molecule has 1 heterocycles. The first-order valence-electron chi connectivity index (χ1n) is 7.80. The first-order chi connectivity index (χ1) is 12.0. The average molecular weight is 362 g/mol. The summed E-state index contributed by atoms with van der Waals surface area (Å²) in [5, 5.41) is 22.4. The summed E-state index contributed by atoms with van der Waals surface area (Å²) in [7, 11) is 1.75. The van der Waals surface area contributed by atoms with Crippen molar-refractivity contribution in [2.75, 3.05) is 6.54 Å². The van der Waals surface area contributed by atoms with Crippen LogP contribution in [0.5, 0.6) is 0 Å². The fourth-order valence-corrected chi connectivity index (χ4v) is 3.32. The Morgan fingerprint density at radius 3 is 2.88 bits per heavy atom. The lowest BCUT2D eigenvalue weighted by Crippen LogP contribution is -2.41. The number of nitro benzene ring substituents is 1. The number of aromatic nitrogens is 3. The van der Waals surface area contributed by atoms with Crippen LogP contribution in [0.15, 0.2) is 34.6 Å². The van der Waals surface area contributed by atoms with Crippen molar-refractivity contribution in [2.24, 2.45) is 18.7 Å². The molecule has 0 saturated heterocycles. The minimum atomic E-state index is -0.503. The van der Waals surface area contributed by atoms with Gasteiger partial charge in [-0.25, -0.2) is 0 Å². The predicted molar refractivity (Wildman–Crippen MR) is 91.3 cm³/mol. The molecule has 0 bridgehead atoms. The summed E-state index contributed by atoms with van der Waals surface area (Å²) in [6.45, 7) is 0.360. The summed E-state index contributed by atoms with van der Waals surface area (Å²) in [4.78, 5) is 23.7. The summed E-state index contributed by atoms with van der Waals surface area (Å²) in [6, 6.07) is 4.33. The zero-order valence-corrected chi connectivity index (χ0v) is 14.4. The van der Waals surface area contributed by atoms with Gasteiger partial charge in [-0.1, -0.05) is 0 Å². The van der Waals surface area contributed by atoms with Gasteiger partial charge in [-0.15, -0.1) is 10.2 Å². The third kappa shape index (κ3) is 3.97. The van der Waals surface area contributed by atoms with Gasteiger partial charge in [-0.3, -0.25) is 14.9 Å². The Morgan fingerprint density at radius 2 is 2.32 bits per heavy atom. The van der Waals surface area contributed by atoms with E-state index >= 15 is 0 Å². The maximum absolute atomic E-state index is 12.4. The Bertz CT molecular complexity index is 804. The quantitative estimate of drug-likeness (QED) is 0.561. The molecule has 1 saturated carbocycles. The number of carbonyl (C=O) groups is 1. The van der Waals surface area contributed by atoms with Gasteiger partial charge in [0.25, 0.3) is 11.6 Å². The summed E-state index contributed by atoms with van der Waals surface area (Å²) in [5.41, 5.74) is 5.79. The number of hydrogen-bond donors (Lipinski definition) is 2. The maximum Gasteiger partial charge on any atom is 0.284 e. The maximum atomic E-state index is 12.4. The zero-order valence-electron chi connectivity index (χ0n) is 13.6. The van der Waals surface area contributed by atoms with Gasteiger partial charge in [-0.05, 0) is 42.7 Å². The van der Waals surface area contributed by atoms with Gasteiger partial charge < -0.3 is 15.6 Å². The highest BCUT2D eigenvalue weighted by Crippen LogP contribution is 2.35. The number of nitrogens with zero attached hydrogens (tertiary/aromatic N) is 4. The molecule has 2 aromatic rings. The number of nitrogens with one attached hydrogen (secondary N) is 1. The Hall–Kier alpha value is -2.46. The largest absolute Gasteiger partial charge is 0.348 e. The van der Waals surface area contributed by atoms with Crippen LogP contribution in [0.1, 0.15) is 23.2 Å². The molecule has 3 rings (SSSR count). The molecule has 1 aliphatic rings. The molecular weight excluding hydrogens is 344 g/mol. The van der Waals surface area contributed by atoms with E-state index in [2.05, 4.69) is 15.5 Å². The molecule has 1 fully saturated rings. The Kier molecular flexibility index (Phi) is 5.00. The molecule has 1 unspecified atom stereocenters. The number of hydrogen-bond acceptors (Lipinski definition) is 7. The summed E-state index contributed by atoms with van der Waals surface area (Å²) in [5.74, 6) is 0.0651. The number of rotatable bonds is 7. The van der Waals surface area contributed by atoms with Crippen molar-refractivity contribution in [3.05, 3.63) is 40.2 Å². The lowest BCUT2D eigenvalue weighted by atomic mass is 10.1. The highest BCUT2D eigenvalue weighted by atomic mass is 32.2. The third-order valence-electron chi connectivity index (χ3n) is 4.05. The molecule has 1 atom stereocenters. The summed E-state index contributed by atoms with van der Waals surface area (Å²) >= 11 is 1.13. The number of nitrogens with two attached hydrogens (primary N) is 1. The second kappa shape index (κ2) is 7.19. The molecule has 0 aliphatic heterocycles. The zero-order chi connectivity index (χ0) is 18.0. The van der Waals surface area contributed by atoms with Crippen LogP contribution in [0.4, 0.5) is 5.69 Å². The van der Waals surface area contributed by atoms with Crippen molar-refractivity contribution in [1.82, 2.24) is 20.1 Å². The molecule has 25 heavy (non-hydrogen) atoms. The normalized spacial score (nSPS) is 15.0. The van der Waals surface area contributed by atoms with E-state index in [4.69, 9.17) is 5.73 Å². The van der Waals surface area contributed by atoms with Gasteiger partial charge in [-0.2, -0.15) is 0 Å². The molecule has 3 N–H and O–H groups in total. The lowest BCUT2D eigenvalue weighted by molar-refractivity contribution is -0.387. The van der Waals surface area contributed by atoms with Crippen molar-refractivity contribution in [2.45, 2.75) is 28.9 Å². The molecule has 1 aromatic carbocycles. The van der Waals surface area contributed by atoms with Crippen molar-refractivity contribution >= 4 is 23.4 Å². The second-order valence-corrected chi connectivity index (χ2v) is 6.93. The van der Waals surface area contributed by atoms with E-state index in [0.717, 1.165) is 24.6 Å². The Balaban J connectivity index is 1.82. The Morgan fingerprint density at radius 1 is 1.56 bits per heavy atom. The minimum Gasteiger partial charge on any atom is -0.348 e. The van der Waals surface area contributed by atoms with Crippen LogP contribution in [0.3, 0.4) is 0 Å². The minimum absolute atomic E-state index is 0.0840. The van der Waals surface area contributed by atoms with E-state index in [1.54, 1.807) is 23.7 Å². The van der Waals surface area contributed by atoms with Crippen molar-refractivity contribution in [3.8, 4) is 0 Å². The molecule has 0 radical (unpaired) electrons. The van der Waals surface area contributed by atoms with Crippen LogP contribution in [-0.2, 0) is 7.05 Å². The molecule has 9 nitrogen and oxygen atoms in total. The van der Waals surface area contributed by atoms with E-state index < -0.39 is 4.92 Å². The molecule has 1 aliphatic carbocycles. The fraction of sp³-hybridized carbons (Fsp3) is 0.400. The third-order valence-corrected chi connectivity index (χ3v) is 5.17. The second-order valence-electron chi connectivity index (χ2n) is 5.92. The predicted octanol–water partition coefficient (Wildman–Crippen LogP) is 1.34. The summed E-state index contributed by atoms with van der Waals surface area (Å²) < 4.78 is 1.66. The molecule has 10 heteroatoms. The topological polar surface area (TPSA) is 129 Å². The van der Waals surface area contributed by atoms with Crippen molar-refractivity contribution in [1.29, 1.82) is 0 Å². The van der Waals surface area contributed by atoms with E-state index in [9.17, 15) is 14.9 Å². The molecule has 1 amide bonds. The van der Waals surface area contributed by atoms with E-state index in [1.165, 1.54) is 12.4 Å². The SMILES string of the molecule is Cn1cnnc1Sc1ccc(C(=O)NC(CN)C2CC2)cc1[N+](=O)[O-]. The fourth-order valence-electron chi connectivity index (χ4n) is 2.47. The van der Waals surface area contributed by atoms with Crippen LogP contribution >= 0.6 is 11.8 Å². The molecular formula is C15H18N6O3S. The highest BCUT2D eigenvalue weighted by molar-refractivity contribution is 7.99. The summed E-state index contributed by atoms with van der Waals surface area (Å²) in [6.07, 6.45) is 3.62. The standard InChI is InChI=1S/C15H18N6O3S/c1-20-8-17-19-15(20)25-13-5-4-10(6-12(13)21(23)24)14(22)18-11(7-16)9-2-3-9/h4-6,8-9,11H,2-3,7,16H2,1H3,(H,18,22). The Labute approximate surface area is 148 Å². The number of carbonyl (C=O) groups excluding carboxylic acids is 1. The lowest BCUT2D eigenvalue weighted by Gasteiger charge is -2.16.